The van der Waals surface area contributed by atoms with Gasteiger partial charge in [0, 0.05) is 18.3 Å². The molecule has 2 aromatic heterocycles. The molecule has 0 bridgehead atoms. The van der Waals surface area contributed by atoms with Crippen LogP contribution in [0, 0.1) is 13.8 Å². The Kier molecular flexibility index (Phi) is 5.46. The minimum atomic E-state index is -0.342. The lowest BCUT2D eigenvalue weighted by atomic mass is 9.91. The first-order chi connectivity index (χ1) is 15.9. The van der Waals surface area contributed by atoms with Crippen LogP contribution in [-0.2, 0) is 0 Å². The van der Waals surface area contributed by atoms with Crippen LogP contribution in [0.5, 0.6) is 0 Å². The first kappa shape index (κ1) is 21.3. The Balaban J connectivity index is 1.75. The summed E-state index contributed by atoms with van der Waals surface area (Å²) in [5.41, 5.74) is 10.7. The highest BCUT2D eigenvalue weighted by Gasteiger charge is 2.25. The minimum Gasteiger partial charge on any atom is -0.328 e. The van der Waals surface area contributed by atoms with Crippen LogP contribution >= 0.6 is 0 Å². The summed E-state index contributed by atoms with van der Waals surface area (Å²) in [5.74, 6) is 0. The highest BCUT2D eigenvalue weighted by Crippen LogP contribution is 2.27. The summed E-state index contributed by atoms with van der Waals surface area (Å²) >= 11 is 0. The molecule has 2 heterocycles. The van der Waals surface area contributed by atoms with Gasteiger partial charge in [0.2, 0.25) is 0 Å². The molecule has 2 aromatic carbocycles. The Hall–Kier alpha value is -3.51. The van der Waals surface area contributed by atoms with Crippen molar-refractivity contribution in [2.24, 2.45) is 5.73 Å². The van der Waals surface area contributed by atoms with Crippen molar-refractivity contribution < 1.29 is 0 Å². The molecule has 6 nitrogen and oxygen atoms in total. The third kappa shape index (κ3) is 3.91. The molecule has 0 radical (unpaired) electrons. The first-order valence-corrected chi connectivity index (χ1v) is 11.5. The molecule has 1 saturated carbocycles. The zero-order chi connectivity index (χ0) is 23.1. The second-order valence-corrected chi connectivity index (χ2v) is 9.16. The summed E-state index contributed by atoms with van der Waals surface area (Å²) in [6.45, 7) is 3.96. The fourth-order valence-electron chi connectivity index (χ4n) is 4.80. The lowest BCUT2D eigenvalue weighted by Crippen LogP contribution is -2.44. The van der Waals surface area contributed by atoms with E-state index in [1.165, 1.54) is 10.1 Å². The Morgan fingerprint density at radius 3 is 2.33 bits per heavy atom. The molecule has 4 aromatic rings. The quantitative estimate of drug-likeness (QED) is 0.516. The van der Waals surface area contributed by atoms with Crippen molar-refractivity contribution in [3.63, 3.8) is 0 Å². The normalized spacial score (nSPS) is 18.5. The molecule has 0 aliphatic heterocycles. The Morgan fingerprint density at radius 2 is 1.61 bits per heavy atom. The number of hydrogen-bond acceptors (Lipinski definition) is 4. The van der Waals surface area contributed by atoms with E-state index in [0.717, 1.165) is 42.4 Å². The molecule has 0 unspecified atom stereocenters. The Bertz CT molecular complexity index is 1440. The summed E-state index contributed by atoms with van der Waals surface area (Å²) in [7, 11) is 0. The monoisotopic (exact) mass is 440 g/mol. The molecule has 5 rings (SSSR count). The number of fused-ring (bicyclic) bond motifs is 1. The van der Waals surface area contributed by atoms with E-state index in [2.05, 4.69) is 36.2 Å². The lowest BCUT2D eigenvalue weighted by Gasteiger charge is -2.28. The molecule has 0 atom stereocenters. The third-order valence-electron chi connectivity index (χ3n) is 6.66. The van der Waals surface area contributed by atoms with E-state index in [-0.39, 0.29) is 23.3 Å². The van der Waals surface area contributed by atoms with Gasteiger partial charge in [-0.25, -0.2) is 14.3 Å². The zero-order valence-electron chi connectivity index (χ0n) is 19.0. The van der Waals surface area contributed by atoms with E-state index in [9.17, 15) is 9.59 Å². The average molecular weight is 441 g/mol. The van der Waals surface area contributed by atoms with Crippen LogP contribution in [0.2, 0.25) is 0 Å². The van der Waals surface area contributed by atoms with Crippen LogP contribution < -0.4 is 17.0 Å². The number of nitrogens with two attached hydrogens (primary N) is 1. The molecule has 0 amide bonds. The number of nitrogens with zero attached hydrogens (tertiary/aromatic N) is 3. The van der Waals surface area contributed by atoms with Crippen LogP contribution in [0.3, 0.4) is 0 Å². The van der Waals surface area contributed by atoms with Gasteiger partial charge in [-0.2, -0.15) is 0 Å². The van der Waals surface area contributed by atoms with E-state index in [0.29, 0.717) is 16.7 Å². The van der Waals surface area contributed by atoms with Crippen molar-refractivity contribution in [1.82, 2.24) is 14.1 Å². The maximum atomic E-state index is 13.8. The summed E-state index contributed by atoms with van der Waals surface area (Å²) < 4.78 is 3.02. The standard InChI is InChI=1S/C27H28N4O2/c1-17-6-8-19(9-7-17)20-4-3-5-23(15-20)30-25-24(14-18(2)16-29-25)26(32)31(27(30)33)22-12-10-21(28)11-13-22/h3-9,14-16,21-22H,10-13,28H2,1-2H3. The minimum absolute atomic E-state index is 0.134. The molecular weight excluding hydrogens is 412 g/mol. The van der Waals surface area contributed by atoms with E-state index in [1.807, 2.05) is 37.3 Å². The maximum Gasteiger partial charge on any atom is 0.337 e. The van der Waals surface area contributed by atoms with Gasteiger partial charge < -0.3 is 5.73 Å². The second-order valence-electron chi connectivity index (χ2n) is 9.16. The molecule has 0 saturated heterocycles. The predicted octanol–water partition coefficient (Wildman–Crippen LogP) is 4.27. The number of aromatic nitrogens is 3. The van der Waals surface area contributed by atoms with E-state index in [1.54, 1.807) is 10.8 Å². The van der Waals surface area contributed by atoms with Crippen molar-refractivity contribution in [2.75, 3.05) is 0 Å². The van der Waals surface area contributed by atoms with Crippen LogP contribution in [0.4, 0.5) is 0 Å². The van der Waals surface area contributed by atoms with E-state index >= 15 is 0 Å². The van der Waals surface area contributed by atoms with Crippen molar-refractivity contribution >= 4 is 11.0 Å². The van der Waals surface area contributed by atoms with E-state index in [4.69, 9.17) is 5.73 Å². The lowest BCUT2D eigenvalue weighted by molar-refractivity contribution is 0.309. The maximum absolute atomic E-state index is 13.8. The molecule has 1 aliphatic carbocycles. The van der Waals surface area contributed by atoms with Gasteiger partial charge in [-0.05, 0) is 74.4 Å². The molecule has 1 aliphatic rings. The number of aryl methyl sites for hydroxylation is 2. The second kappa shape index (κ2) is 8.45. The Morgan fingerprint density at radius 1 is 0.879 bits per heavy atom. The van der Waals surface area contributed by atoms with Gasteiger partial charge in [-0.1, -0.05) is 42.0 Å². The molecule has 168 valence electrons. The van der Waals surface area contributed by atoms with Crippen LogP contribution in [0.25, 0.3) is 27.8 Å². The van der Waals surface area contributed by atoms with Crippen LogP contribution in [-0.4, -0.2) is 20.2 Å². The molecule has 0 spiro atoms. The summed E-state index contributed by atoms with van der Waals surface area (Å²) in [4.78, 5) is 31.8. The fraction of sp³-hybridized carbons (Fsp3) is 0.296. The molecule has 1 fully saturated rings. The molecule has 2 N–H and O–H groups in total. The fourth-order valence-corrected chi connectivity index (χ4v) is 4.80. The van der Waals surface area contributed by atoms with Crippen molar-refractivity contribution in [1.29, 1.82) is 0 Å². The van der Waals surface area contributed by atoms with Gasteiger partial charge in [0.15, 0.2) is 5.65 Å². The number of rotatable bonds is 3. The van der Waals surface area contributed by atoms with Crippen LogP contribution in [0.1, 0.15) is 42.9 Å². The number of pyridine rings is 1. The summed E-state index contributed by atoms with van der Waals surface area (Å²) in [6.07, 6.45) is 4.77. The van der Waals surface area contributed by atoms with Crippen molar-refractivity contribution in [3.8, 4) is 16.8 Å². The third-order valence-corrected chi connectivity index (χ3v) is 6.66. The highest BCUT2D eigenvalue weighted by molar-refractivity contribution is 5.77. The Labute approximate surface area is 192 Å². The first-order valence-electron chi connectivity index (χ1n) is 11.5. The highest BCUT2D eigenvalue weighted by atomic mass is 16.2. The van der Waals surface area contributed by atoms with Gasteiger partial charge in [0.25, 0.3) is 5.56 Å². The molecular formula is C27H28N4O2. The average Bonchev–Trinajstić information content (AvgIpc) is 2.81. The number of benzene rings is 2. The predicted molar refractivity (Wildman–Crippen MR) is 132 cm³/mol. The summed E-state index contributed by atoms with van der Waals surface area (Å²) in [5, 5.41) is 0.463. The van der Waals surface area contributed by atoms with Gasteiger partial charge >= 0.3 is 5.69 Å². The van der Waals surface area contributed by atoms with Crippen molar-refractivity contribution in [2.45, 2.75) is 51.6 Å². The largest absolute Gasteiger partial charge is 0.337 e. The van der Waals surface area contributed by atoms with E-state index < -0.39 is 0 Å². The van der Waals surface area contributed by atoms with Crippen molar-refractivity contribution in [3.05, 3.63) is 92.8 Å². The SMILES string of the molecule is Cc1ccc(-c2cccc(-n3c(=O)n(C4CCC(N)CC4)c(=O)c4cc(C)cnc43)c2)cc1. The molecule has 6 heteroatoms. The van der Waals surface area contributed by atoms with Gasteiger partial charge in [-0.3, -0.25) is 9.36 Å². The summed E-state index contributed by atoms with van der Waals surface area (Å²) in [6, 6.07) is 17.9. The van der Waals surface area contributed by atoms with Gasteiger partial charge in [-0.15, -0.1) is 0 Å². The topological polar surface area (TPSA) is 82.9 Å². The molecule has 33 heavy (non-hydrogen) atoms. The smallest absolute Gasteiger partial charge is 0.328 e. The van der Waals surface area contributed by atoms with Gasteiger partial charge in [0.1, 0.15) is 0 Å². The van der Waals surface area contributed by atoms with Gasteiger partial charge in [0.05, 0.1) is 11.1 Å². The van der Waals surface area contributed by atoms with Crippen LogP contribution in [0.15, 0.2) is 70.4 Å². The zero-order valence-corrected chi connectivity index (χ0v) is 19.0. The number of hydrogen-bond donors (Lipinski definition) is 1.